The number of nitrogen functional groups attached to an aromatic ring is 1. The van der Waals surface area contributed by atoms with Crippen LogP contribution < -0.4 is 31.6 Å². The molecule has 0 saturated carbocycles. The number of aromatic nitrogens is 2. The van der Waals surface area contributed by atoms with Gasteiger partial charge in [0.25, 0.3) is 11.8 Å². The number of hydrogen-bond acceptors (Lipinski definition) is 7. The first-order chi connectivity index (χ1) is 33.9. The van der Waals surface area contributed by atoms with Crippen LogP contribution in [0.15, 0.2) is 198 Å². The third-order valence-electron chi connectivity index (χ3n) is 13.4. The van der Waals surface area contributed by atoms with Crippen LogP contribution in [0.2, 0.25) is 0 Å². The highest BCUT2D eigenvalue weighted by atomic mass is 16.2. The van der Waals surface area contributed by atoms with E-state index in [-0.39, 0.29) is 17.9 Å². The summed E-state index contributed by atoms with van der Waals surface area (Å²) in [6.07, 6.45) is 4.10. The van der Waals surface area contributed by atoms with Crippen molar-refractivity contribution in [3.8, 4) is 27.9 Å². The predicted molar refractivity (Wildman–Crippen MR) is 285 cm³/mol. The normalized spacial score (nSPS) is 14.0. The van der Waals surface area contributed by atoms with Gasteiger partial charge in [0.15, 0.2) is 0 Å². The summed E-state index contributed by atoms with van der Waals surface area (Å²) in [5.74, 6) is -0.415. The van der Waals surface area contributed by atoms with Crippen LogP contribution in [0.5, 0.6) is 0 Å². The highest BCUT2D eigenvalue weighted by Gasteiger charge is 2.32. The van der Waals surface area contributed by atoms with Crippen LogP contribution in [0.1, 0.15) is 44.3 Å². The van der Waals surface area contributed by atoms with E-state index >= 15 is 0 Å². The number of hydrogen-bond donors (Lipinski definition) is 4. The summed E-state index contributed by atoms with van der Waals surface area (Å²) in [4.78, 5) is 39.8. The molecule has 6 N–H and O–H groups in total. The Morgan fingerprint density at radius 1 is 0.571 bits per heavy atom. The van der Waals surface area contributed by atoms with E-state index in [1.807, 2.05) is 155 Å². The summed E-state index contributed by atoms with van der Waals surface area (Å²) >= 11 is 0. The molecule has 2 heterocycles. The molecule has 0 saturated heterocycles. The van der Waals surface area contributed by atoms with Crippen molar-refractivity contribution >= 4 is 73.7 Å². The van der Waals surface area contributed by atoms with Gasteiger partial charge in [-0.25, -0.2) is 9.98 Å². The van der Waals surface area contributed by atoms with Crippen molar-refractivity contribution in [1.29, 1.82) is 0 Å². The lowest BCUT2D eigenvalue weighted by molar-refractivity contribution is -0.538. The molecule has 0 radical (unpaired) electrons. The Kier molecular flexibility index (Phi) is 10.9. The highest BCUT2D eigenvalue weighted by Crippen LogP contribution is 2.44. The lowest BCUT2D eigenvalue weighted by Crippen LogP contribution is -2.40. The number of amides is 2. The zero-order valence-corrected chi connectivity index (χ0v) is 39.2. The third kappa shape index (κ3) is 8.01. The van der Waals surface area contributed by atoms with E-state index in [9.17, 15) is 9.59 Å². The molecule has 70 heavy (non-hydrogen) atoms. The molecule has 2 amide bonds. The number of fused-ring (bicyclic) bond motifs is 4. The Balaban J connectivity index is 0.783. The minimum atomic E-state index is -0.210. The number of nitrogens with two attached hydrogens (primary N) is 2. The van der Waals surface area contributed by atoms with Crippen molar-refractivity contribution < 1.29 is 14.2 Å². The molecule has 0 spiro atoms. The maximum atomic E-state index is 13.8. The van der Waals surface area contributed by atoms with E-state index in [1.54, 1.807) is 0 Å². The molecule has 1 atom stereocenters. The van der Waals surface area contributed by atoms with Crippen molar-refractivity contribution in [2.45, 2.75) is 33.7 Å². The Bertz CT molecular complexity index is 3680. The second-order valence-corrected chi connectivity index (χ2v) is 18.1. The molecule has 2 aliphatic rings. The number of aryl methyl sites for hydroxylation is 3. The number of rotatable bonds is 8. The van der Waals surface area contributed by atoms with Crippen LogP contribution in [-0.2, 0) is 0 Å². The molecule has 0 fully saturated rings. The minimum Gasteiger partial charge on any atom is -0.399 e. The molecule has 340 valence electrons. The van der Waals surface area contributed by atoms with Crippen molar-refractivity contribution in [2.75, 3.05) is 21.3 Å². The quantitative estimate of drug-likeness (QED) is 0.0679. The lowest BCUT2D eigenvalue weighted by Gasteiger charge is -2.38. The van der Waals surface area contributed by atoms with Gasteiger partial charge in [-0.2, -0.15) is 0 Å². The van der Waals surface area contributed by atoms with Crippen LogP contribution in [0, 0.1) is 20.8 Å². The number of allylic oxidation sites excluding steroid dienone is 1. The van der Waals surface area contributed by atoms with E-state index < -0.39 is 0 Å². The molecule has 11 rings (SSSR count). The fourth-order valence-electron chi connectivity index (χ4n) is 9.40. The van der Waals surface area contributed by atoms with E-state index in [0.29, 0.717) is 28.2 Å². The van der Waals surface area contributed by atoms with Gasteiger partial charge in [0.05, 0.1) is 28.8 Å². The third-order valence-corrected chi connectivity index (χ3v) is 13.4. The minimum absolute atomic E-state index is 0.182. The summed E-state index contributed by atoms with van der Waals surface area (Å²) in [5, 5.41) is 6.33. The number of carbonyl (C=O) groups excluding carboxylic acids is 2. The van der Waals surface area contributed by atoms with Crippen LogP contribution in [0.3, 0.4) is 0 Å². The van der Waals surface area contributed by atoms with Gasteiger partial charge in [-0.1, -0.05) is 84.9 Å². The Hall–Kier alpha value is -9.15. The summed E-state index contributed by atoms with van der Waals surface area (Å²) in [6.45, 7) is 7.95. The maximum Gasteiger partial charge on any atom is 0.255 e. The lowest BCUT2D eigenvalue weighted by atomic mass is 9.94. The summed E-state index contributed by atoms with van der Waals surface area (Å²) in [6, 6.07) is 55.6. The zero-order chi connectivity index (χ0) is 48.2. The first-order valence-corrected chi connectivity index (χ1v) is 23.2. The second kappa shape index (κ2) is 17.5. The van der Waals surface area contributed by atoms with Crippen LogP contribution >= 0.6 is 0 Å². The molecule has 9 aromatic rings. The average Bonchev–Trinajstić information content (AvgIpc) is 3.37. The van der Waals surface area contributed by atoms with Gasteiger partial charge in [0, 0.05) is 58.2 Å². The number of anilines is 5. The molecule has 1 aliphatic carbocycles. The van der Waals surface area contributed by atoms with E-state index in [4.69, 9.17) is 21.4 Å². The molecule has 1 unspecified atom stereocenters. The first-order valence-electron chi connectivity index (χ1n) is 23.2. The molecular formula is C60H49N8O2+. The van der Waals surface area contributed by atoms with Crippen molar-refractivity contribution in [1.82, 2.24) is 4.98 Å². The number of aliphatic imine (C=N–C) groups is 1. The van der Waals surface area contributed by atoms with E-state index in [2.05, 4.69) is 74.7 Å². The zero-order valence-electron chi connectivity index (χ0n) is 39.2. The molecular weight excluding hydrogens is 865 g/mol. The van der Waals surface area contributed by atoms with Gasteiger partial charge in [-0.05, 0) is 145 Å². The molecule has 10 heteroatoms. The van der Waals surface area contributed by atoms with Crippen LogP contribution in [0.4, 0.5) is 34.1 Å². The smallest absolute Gasteiger partial charge is 0.255 e. The van der Waals surface area contributed by atoms with Crippen LogP contribution in [0.25, 0.3) is 50.0 Å². The fourth-order valence-corrected chi connectivity index (χ4v) is 9.40. The Morgan fingerprint density at radius 3 is 1.66 bits per heavy atom. The SMILES string of the molecule is CC1=CC2=Nc3cc(C)c(NC(=O)c4ccc(-c5ccc(-c6ccc(C(=O)Nc7cc8c(cc7C)nc7cc(C)c(N)cc7[n+]8-c7ccccc7)cc6)cc5)cc4)cc3N(c3ccccc3)C2C=C1N. The summed E-state index contributed by atoms with van der Waals surface area (Å²) in [5.41, 5.74) is 32.5. The number of carbonyl (C=O) groups is 2. The van der Waals surface area contributed by atoms with Crippen molar-refractivity contribution in [2.24, 2.45) is 10.7 Å². The van der Waals surface area contributed by atoms with Gasteiger partial charge < -0.3 is 27.0 Å². The highest BCUT2D eigenvalue weighted by molar-refractivity contribution is 6.12. The molecule has 1 aliphatic heterocycles. The van der Waals surface area contributed by atoms with Gasteiger partial charge in [0.2, 0.25) is 16.7 Å². The van der Waals surface area contributed by atoms with E-state index in [0.717, 1.165) is 101 Å². The monoisotopic (exact) mass is 913 g/mol. The Labute approximate surface area is 406 Å². The van der Waals surface area contributed by atoms with Crippen LogP contribution in [-0.4, -0.2) is 28.6 Å². The molecule has 10 nitrogen and oxygen atoms in total. The van der Waals surface area contributed by atoms with Gasteiger partial charge >= 0.3 is 0 Å². The average molecular weight is 914 g/mol. The number of nitrogens with one attached hydrogen (secondary N) is 2. The molecule has 1 aromatic heterocycles. The number of nitrogens with zero attached hydrogens (tertiary/aromatic N) is 4. The van der Waals surface area contributed by atoms with Gasteiger partial charge in [-0.15, -0.1) is 4.57 Å². The van der Waals surface area contributed by atoms with E-state index in [1.165, 1.54) is 0 Å². The van der Waals surface area contributed by atoms with Gasteiger partial charge in [-0.3, -0.25) is 9.59 Å². The summed E-state index contributed by atoms with van der Waals surface area (Å²) in [7, 11) is 0. The second-order valence-electron chi connectivity index (χ2n) is 18.1. The number of benzene rings is 8. The van der Waals surface area contributed by atoms with Gasteiger partial charge in [0.1, 0.15) is 11.0 Å². The summed E-state index contributed by atoms with van der Waals surface area (Å²) < 4.78 is 2.14. The maximum absolute atomic E-state index is 13.8. The van der Waals surface area contributed by atoms with Crippen molar-refractivity contribution in [3.63, 3.8) is 0 Å². The topological polar surface area (TPSA) is 143 Å². The molecule has 8 aromatic carbocycles. The first kappa shape index (κ1) is 43.4. The molecule has 0 bridgehead atoms. The number of para-hydroxylation sites is 2. The van der Waals surface area contributed by atoms with Crippen molar-refractivity contribution in [3.05, 3.63) is 221 Å². The largest absolute Gasteiger partial charge is 0.399 e. The predicted octanol–water partition coefficient (Wildman–Crippen LogP) is 12.4. The standard InChI is InChI=1S/C60H48N8O2/c1-35-27-51-55(31-47(35)61)67(45-11-7-5-8-12-45)57-33-49(37(3)29-53(57)63-51)65-59(69)43-23-19-41(20-24-43)39-15-17-40(18-16-39)42-21-25-44(26-22-42)60(70)66-50-34-58-54(30-38(50)4)64-52-28-36(2)48(62)32-56(52)68(58)46-13-9-6-10-14-46/h5-34,55H,61H2,1-4H3,(H3,62,65,66,69,70)/p+1. The fraction of sp³-hybridized carbons (Fsp3) is 0.0833. The Morgan fingerprint density at radius 2 is 1.07 bits per heavy atom.